The highest BCUT2D eigenvalue weighted by atomic mass is 16.2. The van der Waals surface area contributed by atoms with E-state index in [4.69, 9.17) is 0 Å². The number of carbonyl (C=O) groups is 2. The third kappa shape index (κ3) is 5.93. The number of benzene rings is 3. The highest BCUT2D eigenvalue weighted by molar-refractivity contribution is 5.88. The Hall–Kier alpha value is -3.86. The topological polar surface area (TPSA) is 56.4 Å². The second-order valence-corrected chi connectivity index (χ2v) is 10.0. The van der Waals surface area contributed by atoms with Crippen molar-refractivity contribution >= 4 is 22.7 Å². The number of carbonyl (C=O) groups excluding carboxylic acids is 2. The third-order valence-electron chi connectivity index (χ3n) is 7.36. The van der Waals surface area contributed by atoms with Crippen LogP contribution in [0.5, 0.6) is 0 Å². The number of H-pyrrole nitrogens is 1. The van der Waals surface area contributed by atoms with E-state index in [9.17, 15) is 9.59 Å². The number of rotatable bonds is 11. The predicted octanol–water partition coefficient (Wildman–Crippen LogP) is 5.78. The molecule has 1 aromatic heterocycles. The van der Waals surface area contributed by atoms with Crippen molar-refractivity contribution in [2.24, 2.45) is 5.92 Å². The van der Waals surface area contributed by atoms with Crippen LogP contribution in [0.3, 0.4) is 0 Å². The molecule has 3 aromatic carbocycles. The molecular weight excluding hydrogens is 458 g/mol. The summed E-state index contributed by atoms with van der Waals surface area (Å²) in [4.78, 5) is 34.2. The van der Waals surface area contributed by atoms with E-state index in [0.29, 0.717) is 19.6 Å². The molecule has 0 radical (unpaired) electrons. The van der Waals surface area contributed by atoms with Crippen LogP contribution in [0.15, 0.2) is 91.1 Å². The van der Waals surface area contributed by atoms with E-state index in [-0.39, 0.29) is 30.2 Å². The third-order valence-corrected chi connectivity index (χ3v) is 7.36. The van der Waals surface area contributed by atoms with Crippen LogP contribution in [-0.4, -0.2) is 46.2 Å². The minimum Gasteiger partial charge on any atom is -0.361 e. The largest absolute Gasteiger partial charge is 0.361 e. The van der Waals surface area contributed by atoms with Crippen molar-refractivity contribution in [1.29, 1.82) is 0 Å². The highest BCUT2D eigenvalue weighted by Gasteiger charge is 2.45. The Bertz CT molecular complexity index is 1330. The minimum absolute atomic E-state index is 0.00223. The SMILES string of the molecule is CCCN(CC(=O)N(CCc1c[nH]c2ccccc12)Cc1ccccc1)C(=O)C1CC1c1ccccc1. The van der Waals surface area contributed by atoms with Gasteiger partial charge in [0.15, 0.2) is 0 Å². The van der Waals surface area contributed by atoms with Gasteiger partial charge in [-0.2, -0.15) is 0 Å². The van der Waals surface area contributed by atoms with Crippen LogP contribution >= 0.6 is 0 Å². The smallest absolute Gasteiger partial charge is 0.242 e. The first kappa shape index (κ1) is 24.8. The summed E-state index contributed by atoms with van der Waals surface area (Å²) in [7, 11) is 0. The number of nitrogens with zero attached hydrogens (tertiary/aromatic N) is 2. The molecule has 2 amide bonds. The fourth-order valence-corrected chi connectivity index (χ4v) is 5.26. The Morgan fingerprint density at radius 1 is 0.865 bits per heavy atom. The Kier molecular flexibility index (Phi) is 7.69. The number of nitrogens with one attached hydrogen (secondary N) is 1. The van der Waals surface area contributed by atoms with Crippen LogP contribution in [0.2, 0.25) is 0 Å². The molecule has 2 atom stereocenters. The average molecular weight is 494 g/mol. The van der Waals surface area contributed by atoms with Gasteiger partial charge in [-0.05, 0) is 47.9 Å². The molecule has 0 saturated heterocycles. The van der Waals surface area contributed by atoms with Crippen molar-refractivity contribution in [3.63, 3.8) is 0 Å². The Morgan fingerprint density at radius 3 is 2.32 bits per heavy atom. The molecule has 190 valence electrons. The second kappa shape index (κ2) is 11.5. The van der Waals surface area contributed by atoms with E-state index in [0.717, 1.165) is 30.3 Å². The molecule has 1 fully saturated rings. The van der Waals surface area contributed by atoms with Crippen molar-refractivity contribution < 1.29 is 9.59 Å². The van der Waals surface area contributed by atoms with Crippen molar-refractivity contribution in [2.45, 2.75) is 38.6 Å². The second-order valence-electron chi connectivity index (χ2n) is 10.0. The first-order valence-corrected chi connectivity index (χ1v) is 13.3. The summed E-state index contributed by atoms with van der Waals surface area (Å²) < 4.78 is 0. The fourth-order valence-electron chi connectivity index (χ4n) is 5.26. The van der Waals surface area contributed by atoms with Gasteiger partial charge < -0.3 is 14.8 Å². The first-order chi connectivity index (χ1) is 18.1. The molecule has 1 N–H and O–H groups in total. The van der Waals surface area contributed by atoms with E-state index < -0.39 is 0 Å². The number of amides is 2. The summed E-state index contributed by atoms with van der Waals surface area (Å²) in [6, 6.07) is 28.6. The Morgan fingerprint density at radius 2 is 1.57 bits per heavy atom. The number of para-hydroxylation sites is 1. The van der Waals surface area contributed by atoms with Crippen LogP contribution < -0.4 is 0 Å². The molecule has 5 heteroatoms. The molecule has 5 nitrogen and oxygen atoms in total. The fraction of sp³-hybridized carbons (Fsp3) is 0.312. The van der Waals surface area contributed by atoms with Crippen LogP contribution in [-0.2, 0) is 22.6 Å². The van der Waals surface area contributed by atoms with E-state index in [2.05, 4.69) is 48.3 Å². The number of aromatic amines is 1. The lowest BCUT2D eigenvalue weighted by molar-refractivity contribution is -0.141. The van der Waals surface area contributed by atoms with Crippen LogP contribution in [0, 0.1) is 5.92 Å². The zero-order valence-corrected chi connectivity index (χ0v) is 21.5. The summed E-state index contributed by atoms with van der Waals surface area (Å²) in [6.45, 7) is 3.92. The molecule has 0 spiro atoms. The predicted molar refractivity (Wildman–Crippen MR) is 148 cm³/mol. The van der Waals surface area contributed by atoms with Gasteiger partial charge in [0.2, 0.25) is 11.8 Å². The molecule has 0 aliphatic heterocycles. The standard InChI is InChI=1S/C32H35N3O2/c1-2-18-35(32(37)29-20-28(29)25-13-7-4-8-14-25)23-31(36)34(22-24-11-5-3-6-12-24)19-17-26-21-33-30-16-10-9-15-27(26)30/h3-16,21,28-29,33H,2,17-20,22-23H2,1H3. The molecule has 1 aliphatic carbocycles. The van der Waals surface area contributed by atoms with Crippen molar-refractivity contribution in [1.82, 2.24) is 14.8 Å². The maximum Gasteiger partial charge on any atom is 0.242 e. The van der Waals surface area contributed by atoms with Crippen LogP contribution in [0.4, 0.5) is 0 Å². The summed E-state index contributed by atoms with van der Waals surface area (Å²) in [5, 5.41) is 1.19. The summed E-state index contributed by atoms with van der Waals surface area (Å²) in [5.74, 6) is 0.365. The van der Waals surface area contributed by atoms with E-state index in [1.165, 1.54) is 16.5 Å². The highest BCUT2D eigenvalue weighted by Crippen LogP contribution is 2.48. The summed E-state index contributed by atoms with van der Waals surface area (Å²) in [5.41, 5.74) is 4.62. The van der Waals surface area contributed by atoms with Gasteiger partial charge >= 0.3 is 0 Å². The number of hydrogen-bond acceptors (Lipinski definition) is 2. The molecule has 4 aromatic rings. The molecule has 1 aliphatic rings. The lowest BCUT2D eigenvalue weighted by Gasteiger charge is -2.28. The van der Waals surface area contributed by atoms with Gasteiger partial charge in [-0.1, -0.05) is 85.8 Å². The molecule has 5 rings (SSSR count). The molecule has 1 saturated carbocycles. The van der Waals surface area contributed by atoms with Gasteiger partial charge in [0.1, 0.15) is 0 Å². The minimum atomic E-state index is -0.0180. The Labute approximate surface area is 219 Å². The maximum absolute atomic E-state index is 13.7. The Balaban J connectivity index is 1.29. The zero-order chi connectivity index (χ0) is 25.6. The van der Waals surface area contributed by atoms with E-state index >= 15 is 0 Å². The van der Waals surface area contributed by atoms with Gasteiger partial charge in [-0.3, -0.25) is 9.59 Å². The lowest BCUT2D eigenvalue weighted by atomic mass is 10.1. The number of fused-ring (bicyclic) bond motifs is 1. The quantitative estimate of drug-likeness (QED) is 0.288. The number of aromatic nitrogens is 1. The summed E-state index contributed by atoms with van der Waals surface area (Å²) >= 11 is 0. The normalized spacial score (nSPS) is 16.5. The molecule has 1 heterocycles. The van der Waals surface area contributed by atoms with Crippen molar-refractivity contribution in [2.75, 3.05) is 19.6 Å². The van der Waals surface area contributed by atoms with Crippen LogP contribution in [0.25, 0.3) is 10.9 Å². The average Bonchev–Trinajstić information content (AvgIpc) is 3.64. The van der Waals surface area contributed by atoms with Crippen molar-refractivity contribution in [3.8, 4) is 0 Å². The van der Waals surface area contributed by atoms with Crippen molar-refractivity contribution in [3.05, 3.63) is 108 Å². The zero-order valence-electron chi connectivity index (χ0n) is 21.5. The molecule has 37 heavy (non-hydrogen) atoms. The van der Waals surface area contributed by atoms with E-state index in [1.807, 2.05) is 59.6 Å². The van der Waals surface area contributed by atoms with Gasteiger partial charge in [-0.15, -0.1) is 0 Å². The first-order valence-electron chi connectivity index (χ1n) is 13.3. The van der Waals surface area contributed by atoms with Gasteiger partial charge in [-0.25, -0.2) is 0 Å². The lowest BCUT2D eigenvalue weighted by Crippen LogP contribution is -2.44. The van der Waals surface area contributed by atoms with Gasteiger partial charge in [0.05, 0.1) is 6.54 Å². The maximum atomic E-state index is 13.7. The molecule has 2 unspecified atom stereocenters. The van der Waals surface area contributed by atoms with Gasteiger partial charge in [0, 0.05) is 42.7 Å². The van der Waals surface area contributed by atoms with Gasteiger partial charge in [0.25, 0.3) is 0 Å². The summed E-state index contributed by atoms with van der Waals surface area (Å²) in [6.07, 6.45) is 4.49. The molecular formula is C32H35N3O2. The molecule has 0 bridgehead atoms. The number of hydrogen-bond donors (Lipinski definition) is 1. The monoisotopic (exact) mass is 493 g/mol. The van der Waals surface area contributed by atoms with Crippen LogP contribution in [0.1, 0.15) is 42.4 Å². The van der Waals surface area contributed by atoms with E-state index in [1.54, 1.807) is 4.90 Å².